The molecular formula is C8H10ClNO. The van der Waals surface area contributed by atoms with Crippen LogP contribution >= 0.6 is 11.6 Å². The lowest BCUT2D eigenvalue weighted by Crippen LogP contribution is -2.00. The van der Waals surface area contributed by atoms with Crippen LogP contribution in [0.5, 0.6) is 0 Å². The van der Waals surface area contributed by atoms with E-state index in [1.54, 1.807) is 0 Å². The Labute approximate surface area is 70.9 Å². The third kappa shape index (κ3) is 2.19. The van der Waals surface area contributed by atoms with E-state index in [4.69, 9.17) is 17.5 Å². The van der Waals surface area contributed by atoms with Crippen LogP contribution in [-0.4, -0.2) is 0 Å². The van der Waals surface area contributed by atoms with Crippen LogP contribution in [-0.2, 0) is 11.4 Å². The van der Waals surface area contributed by atoms with Gasteiger partial charge in [0.05, 0.1) is 6.61 Å². The van der Waals surface area contributed by atoms with Crippen molar-refractivity contribution in [3.63, 3.8) is 0 Å². The van der Waals surface area contributed by atoms with Crippen LogP contribution in [0.2, 0.25) is 5.02 Å². The van der Waals surface area contributed by atoms with E-state index in [1.165, 1.54) is 0 Å². The molecule has 0 aliphatic heterocycles. The SMILES string of the molecule is Cc1cc(Cl)ccc1CON. The second-order valence-corrected chi connectivity index (χ2v) is 2.82. The molecule has 0 spiro atoms. The Kier molecular flexibility index (Phi) is 2.88. The van der Waals surface area contributed by atoms with E-state index in [0.717, 1.165) is 16.1 Å². The molecule has 60 valence electrons. The van der Waals surface area contributed by atoms with E-state index < -0.39 is 0 Å². The van der Waals surface area contributed by atoms with Crippen molar-refractivity contribution in [2.75, 3.05) is 0 Å². The molecular weight excluding hydrogens is 162 g/mol. The molecule has 1 aromatic carbocycles. The molecule has 2 N–H and O–H groups in total. The highest BCUT2D eigenvalue weighted by molar-refractivity contribution is 6.30. The number of nitrogens with two attached hydrogens (primary N) is 1. The molecule has 11 heavy (non-hydrogen) atoms. The van der Waals surface area contributed by atoms with Crippen molar-refractivity contribution < 1.29 is 4.84 Å². The van der Waals surface area contributed by atoms with Crippen molar-refractivity contribution in [1.82, 2.24) is 0 Å². The first-order valence-corrected chi connectivity index (χ1v) is 3.68. The maximum Gasteiger partial charge on any atom is 0.0932 e. The van der Waals surface area contributed by atoms with Crippen LogP contribution in [0.4, 0.5) is 0 Å². The van der Waals surface area contributed by atoms with Gasteiger partial charge < -0.3 is 0 Å². The van der Waals surface area contributed by atoms with E-state index >= 15 is 0 Å². The molecule has 1 rings (SSSR count). The first-order chi connectivity index (χ1) is 5.24. The summed E-state index contributed by atoms with van der Waals surface area (Å²) in [6.45, 7) is 2.41. The molecule has 0 radical (unpaired) electrons. The van der Waals surface area contributed by atoms with Crippen molar-refractivity contribution in [3.05, 3.63) is 34.3 Å². The molecule has 0 heterocycles. The molecule has 0 saturated carbocycles. The third-order valence-corrected chi connectivity index (χ3v) is 1.78. The van der Waals surface area contributed by atoms with Crippen molar-refractivity contribution in [3.8, 4) is 0 Å². The van der Waals surface area contributed by atoms with Gasteiger partial charge in [-0.1, -0.05) is 17.7 Å². The summed E-state index contributed by atoms with van der Waals surface area (Å²) in [5.74, 6) is 4.93. The quantitative estimate of drug-likeness (QED) is 0.692. The molecule has 0 unspecified atom stereocenters. The minimum Gasteiger partial charge on any atom is -0.300 e. The molecule has 0 fully saturated rings. The summed E-state index contributed by atoms with van der Waals surface area (Å²) in [6, 6.07) is 5.61. The Balaban J connectivity index is 2.90. The summed E-state index contributed by atoms with van der Waals surface area (Å²) >= 11 is 5.75. The van der Waals surface area contributed by atoms with Gasteiger partial charge in [-0.05, 0) is 30.2 Å². The van der Waals surface area contributed by atoms with Crippen molar-refractivity contribution >= 4 is 11.6 Å². The van der Waals surface area contributed by atoms with Crippen molar-refractivity contribution in [2.45, 2.75) is 13.5 Å². The van der Waals surface area contributed by atoms with E-state index in [0.29, 0.717) is 6.61 Å². The Morgan fingerprint density at radius 2 is 2.27 bits per heavy atom. The molecule has 0 aliphatic rings. The van der Waals surface area contributed by atoms with Gasteiger partial charge in [0.15, 0.2) is 0 Å². The Morgan fingerprint density at radius 3 is 2.82 bits per heavy atom. The van der Waals surface area contributed by atoms with Gasteiger partial charge in [0, 0.05) is 5.02 Å². The molecule has 1 aromatic rings. The maximum absolute atomic E-state index is 5.75. The van der Waals surface area contributed by atoms with Crippen LogP contribution in [0.3, 0.4) is 0 Å². The van der Waals surface area contributed by atoms with Crippen LogP contribution < -0.4 is 5.90 Å². The van der Waals surface area contributed by atoms with Gasteiger partial charge >= 0.3 is 0 Å². The number of halogens is 1. The first kappa shape index (κ1) is 8.53. The summed E-state index contributed by atoms with van der Waals surface area (Å²) in [7, 11) is 0. The Bertz CT molecular complexity index is 250. The molecule has 0 aromatic heterocycles. The van der Waals surface area contributed by atoms with E-state index in [2.05, 4.69) is 4.84 Å². The van der Waals surface area contributed by atoms with Crippen molar-refractivity contribution in [2.24, 2.45) is 5.90 Å². The number of benzene rings is 1. The summed E-state index contributed by atoms with van der Waals surface area (Å²) in [5, 5.41) is 0.739. The molecule has 0 bridgehead atoms. The Morgan fingerprint density at radius 1 is 1.55 bits per heavy atom. The maximum atomic E-state index is 5.75. The molecule has 2 nitrogen and oxygen atoms in total. The lowest BCUT2D eigenvalue weighted by molar-refractivity contribution is 0.123. The van der Waals surface area contributed by atoms with Gasteiger partial charge in [-0.25, -0.2) is 5.90 Å². The molecule has 0 saturated heterocycles. The zero-order chi connectivity index (χ0) is 8.27. The number of aryl methyl sites for hydroxylation is 1. The lowest BCUT2D eigenvalue weighted by Gasteiger charge is -2.03. The summed E-state index contributed by atoms with van der Waals surface area (Å²) in [6.07, 6.45) is 0. The largest absolute Gasteiger partial charge is 0.300 e. The topological polar surface area (TPSA) is 35.2 Å². The average molecular weight is 172 g/mol. The van der Waals surface area contributed by atoms with Gasteiger partial charge in [-0.15, -0.1) is 0 Å². The Hall–Kier alpha value is -0.570. The van der Waals surface area contributed by atoms with E-state index in [-0.39, 0.29) is 0 Å². The summed E-state index contributed by atoms with van der Waals surface area (Å²) < 4.78 is 0. The van der Waals surface area contributed by atoms with Crippen LogP contribution in [0.25, 0.3) is 0 Å². The van der Waals surface area contributed by atoms with E-state index in [1.807, 2.05) is 25.1 Å². The van der Waals surface area contributed by atoms with Gasteiger partial charge in [0.25, 0.3) is 0 Å². The fraction of sp³-hybridized carbons (Fsp3) is 0.250. The minimum absolute atomic E-state index is 0.434. The normalized spacial score (nSPS) is 10.1. The summed E-state index contributed by atoms with van der Waals surface area (Å²) in [4.78, 5) is 4.51. The standard InChI is InChI=1S/C8H10ClNO/c1-6-4-8(9)3-2-7(6)5-11-10/h2-4H,5,10H2,1H3. The fourth-order valence-corrected chi connectivity index (χ4v) is 1.14. The number of hydrogen-bond donors (Lipinski definition) is 1. The second-order valence-electron chi connectivity index (χ2n) is 2.38. The third-order valence-electron chi connectivity index (χ3n) is 1.54. The smallest absolute Gasteiger partial charge is 0.0932 e. The fourth-order valence-electron chi connectivity index (χ4n) is 0.911. The highest BCUT2D eigenvalue weighted by Gasteiger charge is 1.97. The van der Waals surface area contributed by atoms with Gasteiger partial charge in [-0.3, -0.25) is 4.84 Å². The predicted molar refractivity (Wildman–Crippen MR) is 45.2 cm³/mol. The van der Waals surface area contributed by atoms with Crippen LogP contribution in [0, 0.1) is 6.92 Å². The van der Waals surface area contributed by atoms with E-state index in [9.17, 15) is 0 Å². The average Bonchev–Trinajstić information content (AvgIpc) is 1.95. The number of hydrogen-bond acceptors (Lipinski definition) is 2. The van der Waals surface area contributed by atoms with Crippen molar-refractivity contribution in [1.29, 1.82) is 0 Å². The molecule has 0 amide bonds. The predicted octanol–water partition coefficient (Wildman–Crippen LogP) is 2.04. The zero-order valence-electron chi connectivity index (χ0n) is 6.30. The molecule has 3 heteroatoms. The van der Waals surface area contributed by atoms with Gasteiger partial charge in [0.2, 0.25) is 0 Å². The second kappa shape index (κ2) is 3.72. The minimum atomic E-state index is 0.434. The number of rotatable bonds is 2. The monoisotopic (exact) mass is 171 g/mol. The van der Waals surface area contributed by atoms with Gasteiger partial charge in [0.1, 0.15) is 0 Å². The highest BCUT2D eigenvalue weighted by Crippen LogP contribution is 2.15. The molecule has 0 aliphatic carbocycles. The molecule has 0 atom stereocenters. The highest BCUT2D eigenvalue weighted by atomic mass is 35.5. The first-order valence-electron chi connectivity index (χ1n) is 3.30. The van der Waals surface area contributed by atoms with Gasteiger partial charge in [-0.2, -0.15) is 0 Å². The summed E-state index contributed by atoms with van der Waals surface area (Å²) in [5.41, 5.74) is 2.17. The zero-order valence-corrected chi connectivity index (χ0v) is 7.06. The van der Waals surface area contributed by atoms with Crippen LogP contribution in [0.15, 0.2) is 18.2 Å². The van der Waals surface area contributed by atoms with Crippen LogP contribution in [0.1, 0.15) is 11.1 Å². The lowest BCUT2D eigenvalue weighted by atomic mass is 10.1.